The lowest BCUT2D eigenvalue weighted by molar-refractivity contribution is 0.403. The van der Waals surface area contributed by atoms with Crippen molar-refractivity contribution in [3.8, 4) is 5.75 Å². The quantitative estimate of drug-likeness (QED) is 0.744. The van der Waals surface area contributed by atoms with Crippen LogP contribution in [0, 0.1) is 0 Å². The van der Waals surface area contributed by atoms with Crippen LogP contribution in [0.1, 0.15) is 30.5 Å². The first-order valence-corrected chi connectivity index (χ1v) is 8.41. The van der Waals surface area contributed by atoms with Gasteiger partial charge < -0.3 is 10.1 Å². The fourth-order valence-electron chi connectivity index (χ4n) is 2.21. The van der Waals surface area contributed by atoms with Gasteiger partial charge in [0.25, 0.3) is 0 Å². The van der Waals surface area contributed by atoms with E-state index in [9.17, 15) is 0 Å². The number of methoxy groups -OCH3 is 1. The molecule has 0 amide bonds. The molecule has 1 aromatic carbocycles. The van der Waals surface area contributed by atoms with Crippen LogP contribution in [-0.2, 0) is 0 Å². The molecular weight excluding hydrogens is 396 g/mol. The lowest BCUT2D eigenvalue weighted by Crippen LogP contribution is -2.24. The largest absolute Gasteiger partial charge is 0.496 e. The molecule has 0 fully saturated rings. The molecule has 1 atom stereocenters. The van der Waals surface area contributed by atoms with Crippen molar-refractivity contribution in [3.63, 3.8) is 0 Å². The Balaban J connectivity index is 2.47. The summed E-state index contributed by atoms with van der Waals surface area (Å²) < 4.78 is 7.52. The van der Waals surface area contributed by atoms with Crippen LogP contribution in [0.2, 0.25) is 0 Å². The highest BCUT2D eigenvalue weighted by Crippen LogP contribution is 2.33. The van der Waals surface area contributed by atoms with Crippen LogP contribution in [0.25, 0.3) is 0 Å². The average molecular weight is 414 g/mol. The van der Waals surface area contributed by atoms with Gasteiger partial charge in [-0.1, -0.05) is 22.9 Å². The van der Waals surface area contributed by atoms with Gasteiger partial charge in [0, 0.05) is 26.9 Å². The van der Waals surface area contributed by atoms with Crippen molar-refractivity contribution >= 4 is 31.9 Å². The van der Waals surface area contributed by atoms with Gasteiger partial charge in [-0.05, 0) is 58.7 Å². The number of rotatable bonds is 6. The van der Waals surface area contributed by atoms with Gasteiger partial charge in [0.05, 0.1) is 13.2 Å². The number of nitrogens with zero attached hydrogens (tertiary/aromatic N) is 1. The Kier molecular flexibility index (Phi) is 6.21. The molecule has 0 spiro atoms. The van der Waals surface area contributed by atoms with E-state index in [0.717, 1.165) is 38.8 Å². The molecule has 1 N–H and O–H groups in total. The maximum absolute atomic E-state index is 5.52. The topological polar surface area (TPSA) is 34.2 Å². The molecule has 1 unspecified atom stereocenters. The van der Waals surface area contributed by atoms with Crippen LogP contribution < -0.4 is 10.1 Å². The van der Waals surface area contributed by atoms with E-state index in [1.165, 1.54) is 0 Å². The number of halogens is 2. The van der Waals surface area contributed by atoms with Gasteiger partial charge in [-0.3, -0.25) is 4.98 Å². The molecule has 3 nitrogen and oxygen atoms in total. The van der Waals surface area contributed by atoms with Gasteiger partial charge in [-0.2, -0.15) is 0 Å². The highest BCUT2D eigenvalue weighted by molar-refractivity contribution is 9.10. The SMILES string of the molecule is CCCNC(c1cncc(Br)c1)c1cc(Br)ccc1OC. The molecule has 0 saturated heterocycles. The Bertz CT molecular complexity index is 605. The molecule has 112 valence electrons. The Morgan fingerprint density at radius 3 is 2.67 bits per heavy atom. The lowest BCUT2D eigenvalue weighted by Gasteiger charge is -2.22. The molecule has 21 heavy (non-hydrogen) atoms. The van der Waals surface area contributed by atoms with Crippen LogP contribution in [-0.4, -0.2) is 18.6 Å². The highest BCUT2D eigenvalue weighted by atomic mass is 79.9. The molecule has 0 bridgehead atoms. The van der Waals surface area contributed by atoms with Crippen LogP contribution in [0.3, 0.4) is 0 Å². The highest BCUT2D eigenvalue weighted by Gasteiger charge is 2.18. The Hall–Kier alpha value is -0.910. The second-order valence-electron chi connectivity index (χ2n) is 4.71. The summed E-state index contributed by atoms with van der Waals surface area (Å²) in [7, 11) is 1.70. The van der Waals surface area contributed by atoms with Crippen LogP contribution >= 0.6 is 31.9 Å². The number of pyridine rings is 1. The van der Waals surface area contributed by atoms with E-state index >= 15 is 0 Å². The van der Waals surface area contributed by atoms with Crippen molar-refractivity contribution in [2.75, 3.05) is 13.7 Å². The lowest BCUT2D eigenvalue weighted by atomic mass is 9.99. The normalized spacial score (nSPS) is 12.2. The number of nitrogens with one attached hydrogen (secondary N) is 1. The third-order valence-corrected chi connectivity index (χ3v) is 4.09. The number of hydrogen-bond donors (Lipinski definition) is 1. The molecule has 0 aliphatic rings. The van der Waals surface area contributed by atoms with Crippen molar-refractivity contribution in [3.05, 3.63) is 56.7 Å². The van der Waals surface area contributed by atoms with E-state index in [2.05, 4.69) is 61.2 Å². The van der Waals surface area contributed by atoms with Crippen molar-refractivity contribution < 1.29 is 4.74 Å². The number of ether oxygens (including phenoxy) is 1. The first kappa shape index (κ1) is 16.5. The molecule has 1 aromatic heterocycles. The van der Waals surface area contributed by atoms with Gasteiger partial charge in [-0.25, -0.2) is 0 Å². The standard InChI is InChI=1S/C16H18Br2N2O/c1-3-6-20-16(11-7-13(18)10-19-9-11)14-8-12(17)4-5-15(14)21-2/h4-5,7-10,16,20H,3,6H2,1-2H3. The zero-order valence-electron chi connectivity index (χ0n) is 12.1. The minimum Gasteiger partial charge on any atom is -0.496 e. The van der Waals surface area contributed by atoms with Gasteiger partial charge in [0.1, 0.15) is 5.75 Å². The smallest absolute Gasteiger partial charge is 0.124 e. The first-order chi connectivity index (χ1) is 10.2. The number of aromatic nitrogens is 1. The second kappa shape index (κ2) is 7.92. The van der Waals surface area contributed by atoms with E-state index in [4.69, 9.17) is 4.74 Å². The molecule has 2 rings (SSSR count). The summed E-state index contributed by atoms with van der Waals surface area (Å²) in [4.78, 5) is 4.28. The molecule has 0 aliphatic carbocycles. The number of benzene rings is 1. The minimum absolute atomic E-state index is 0.0439. The molecule has 2 aromatic rings. The van der Waals surface area contributed by atoms with Crippen molar-refractivity contribution in [2.45, 2.75) is 19.4 Å². The fourth-order valence-corrected chi connectivity index (χ4v) is 2.97. The third-order valence-electron chi connectivity index (χ3n) is 3.16. The molecule has 0 aliphatic heterocycles. The Labute approximate surface area is 142 Å². The minimum atomic E-state index is 0.0439. The van der Waals surface area contributed by atoms with Crippen LogP contribution in [0.4, 0.5) is 0 Å². The summed E-state index contributed by atoms with van der Waals surface area (Å²) in [5, 5.41) is 3.57. The summed E-state index contributed by atoms with van der Waals surface area (Å²) >= 11 is 7.03. The summed E-state index contributed by atoms with van der Waals surface area (Å²) in [5.74, 6) is 0.867. The number of hydrogen-bond acceptors (Lipinski definition) is 3. The summed E-state index contributed by atoms with van der Waals surface area (Å²) in [5.41, 5.74) is 2.20. The van der Waals surface area contributed by atoms with E-state index in [0.29, 0.717) is 0 Å². The van der Waals surface area contributed by atoms with E-state index in [-0.39, 0.29) is 6.04 Å². The maximum Gasteiger partial charge on any atom is 0.124 e. The van der Waals surface area contributed by atoms with Crippen molar-refractivity contribution in [2.24, 2.45) is 0 Å². The molecule has 1 heterocycles. The summed E-state index contributed by atoms with van der Waals surface area (Å²) in [6, 6.07) is 8.18. The van der Waals surface area contributed by atoms with E-state index < -0.39 is 0 Å². The Morgan fingerprint density at radius 2 is 2.00 bits per heavy atom. The van der Waals surface area contributed by atoms with Gasteiger partial charge >= 0.3 is 0 Å². The van der Waals surface area contributed by atoms with Gasteiger partial charge in [0.2, 0.25) is 0 Å². The monoisotopic (exact) mass is 412 g/mol. The molecule has 0 radical (unpaired) electrons. The van der Waals surface area contributed by atoms with Crippen molar-refractivity contribution in [1.82, 2.24) is 10.3 Å². The van der Waals surface area contributed by atoms with Crippen LogP contribution in [0.5, 0.6) is 5.75 Å². The molecule has 5 heteroatoms. The molecule has 0 saturated carbocycles. The average Bonchev–Trinajstić information content (AvgIpc) is 2.48. The predicted molar refractivity (Wildman–Crippen MR) is 92.8 cm³/mol. The van der Waals surface area contributed by atoms with Crippen molar-refractivity contribution in [1.29, 1.82) is 0 Å². The zero-order valence-corrected chi connectivity index (χ0v) is 15.2. The molecular formula is C16H18Br2N2O. The third kappa shape index (κ3) is 4.28. The zero-order chi connectivity index (χ0) is 15.2. The van der Waals surface area contributed by atoms with Crippen LogP contribution in [0.15, 0.2) is 45.6 Å². The van der Waals surface area contributed by atoms with E-state index in [1.807, 2.05) is 18.3 Å². The summed E-state index contributed by atoms with van der Waals surface area (Å²) in [6.07, 6.45) is 4.74. The second-order valence-corrected chi connectivity index (χ2v) is 6.54. The van der Waals surface area contributed by atoms with Gasteiger partial charge in [0.15, 0.2) is 0 Å². The predicted octanol–water partition coefficient (Wildman–Crippen LogP) is 4.70. The fraction of sp³-hybridized carbons (Fsp3) is 0.312. The first-order valence-electron chi connectivity index (χ1n) is 6.83. The maximum atomic E-state index is 5.52. The van der Waals surface area contributed by atoms with E-state index in [1.54, 1.807) is 13.3 Å². The van der Waals surface area contributed by atoms with Gasteiger partial charge in [-0.15, -0.1) is 0 Å². The Morgan fingerprint density at radius 1 is 1.19 bits per heavy atom. The summed E-state index contributed by atoms with van der Waals surface area (Å²) in [6.45, 7) is 3.08.